The van der Waals surface area contributed by atoms with Crippen molar-refractivity contribution in [1.29, 1.82) is 0 Å². The van der Waals surface area contributed by atoms with Crippen LogP contribution < -0.4 is 11.1 Å². The highest BCUT2D eigenvalue weighted by Crippen LogP contribution is 2.10. The molecule has 1 heterocycles. The number of aromatic amines is 1. The Labute approximate surface area is 106 Å². The minimum absolute atomic E-state index is 0.00516. The standard InChI is InChI=1S/C10H8N6O3/c17-10-13-9(6-12-15-10)14-11-5-7-1-3-8(4-2-7)16(18)19/h1-6H,(H2,13,14,15,17)/b11-5-. The van der Waals surface area contributed by atoms with E-state index in [1.54, 1.807) is 12.1 Å². The van der Waals surface area contributed by atoms with E-state index in [0.717, 1.165) is 0 Å². The summed E-state index contributed by atoms with van der Waals surface area (Å²) in [5, 5.41) is 19.9. The Bertz CT molecular complexity index is 663. The molecule has 1 aromatic heterocycles. The van der Waals surface area contributed by atoms with E-state index in [-0.39, 0.29) is 11.5 Å². The number of hydrogen-bond acceptors (Lipinski definition) is 7. The first-order chi connectivity index (χ1) is 9.15. The molecule has 2 aromatic rings. The van der Waals surface area contributed by atoms with Gasteiger partial charge in [0.1, 0.15) is 0 Å². The SMILES string of the molecule is O=c1nc(N/N=C\c2ccc([N+](=O)[O-])cc2)cn[nH]1. The van der Waals surface area contributed by atoms with Crippen molar-refractivity contribution in [1.82, 2.24) is 15.2 Å². The fraction of sp³-hybridized carbons (Fsp3) is 0. The van der Waals surface area contributed by atoms with Gasteiger partial charge in [0.05, 0.1) is 17.3 Å². The van der Waals surface area contributed by atoms with E-state index >= 15 is 0 Å². The average molecular weight is 260 g/mol. The zero-order valence-electron chi connectivity index (χ0n) is 9.48. The Hall–Kier alpha value is -3.10. The topological polar surface area (TPSA) is 126 Å². The average Bonchev–Trinajstić information content (AvgIpc) is 2.39. The summed E-state index contributed by atoms with van der Waals surface area (Å²) in [7, 11) is 0. The molecule has 0 saturated heterocycles. The molecule has 0 unspecified atom stereocenters. The number of anilines is 1. The van der Waals surface area contributed by atoms with Crippen LogP contribution in [0.5, 0.6) is 0 Å². The van der Waals surface area contributed by atoms with Gasteiger partial charge in [-0.3, -0.25) is 15.5 Å². The Balaban J connectivity index is 2.03. The second-order valence-electron chi connectivity index (χ2n) is 3.39. The van der Waals surface area contributed by atoms with Gasteiger partial charge in [0, 0.05) is 12.1 Å². The van der Waals surface area contributed by atoms with Crippen LogP contribution in [0.2, 0.25) is 0 Å². The lowest BCUT2D eigenvalue weighted by molar-refractivity contribution is -0.384. The third kappa shape index (κ3) is 3.43. The molecule has 0 aliphatic heterocycles. The van der Waals surface area contributed by atoms with E-state index in [1.807, 2.05) is 0 Å². The van der Waals surface area contributed by atoms with Crippen LogP contribution in [0.25, 0.3) is 0 Å². The number of nitrogens with zero attached hydrogens (tertiary/aromatic N) is 4. The third-order valence-corrected chi connectivity index (χ3v) is 2.07. The highest BCUT2D eigenvalue weighted by molar-refractivity contribution is 5.80. The summed E-state index contributed by atoms with van der Waals surface area (Å²) < 4.78 is 0. The van der Waals surface area contributed by atoms with Crippen LogP contribution in [-0.2, 0) is 0 Å². The second kappa shape index (κ2) is 5.49. The fourth-order valence-electron chi connectivity index (χ4n) is 1.22. The lowest BCUT2D eigenvalue weighted by Crippen LogP contribution is -2.13. The number of hydrogen-bond donors (Lipinski definition) is 2. The first kappa shape index (κ1) is 12.4. The summed E-state index contributed by atoms with van der Waals surface area (Å²) in [6.45, 7) is 0. The molecular weight excluding hydrogens is 252 g/mol. The van der Waals surface area contributed by atoms with E-state index in [9.17, 15) is 14.9 Å². The molecule has 0 aliphatic carbocycles. The minimum Gasteiger partial charge on any atom is -0.260 e. The van der Waals surface area contributed by atoms with Crippen LogP contribution in [0.1, 0.15) is 5.56 Å². The number of rotatable bonds is 4. The predicted octanol–water partition coefficient (Wildman–Crippen LogP) is 0.519. The van der Waals surface area contributed by atoms with Crippen molar-refractivity contribution < 1.29 is 4.92 Å². The normalized spacial score (nSPS) is 10.5. The van der Waals surface area contributed by atoms with E-state index in [2.05, 4.69) is 25.7 Å². The lowest BCUT2D eigenvalue weighted by atomic mass is 10.2. The molecule has 9 nitrogen and oxygen atoms in total. The third-order valence-electron chi connectivity index (χ3n) is 2.07. The zero-order valence-corrected chi connectivity index (χ0v) is 9.48. The first-order valence-corrected chi connectivity index (χ1v) is 5.10. The van der Waals surface area contributed by atoms with E-state index in [0.29, 0.717) is 5.56 Å². The molecule has 19 heavy (non-hydrogen) atoms. The number of aromatic nitrogens is 3. The summed E-state index contributed by atoms with van der Waals surface area (Å²) in [4.78, 5) is 24.4. The van der Waals surface area contributed by atoms with Crippen molar-refractivity contribution in [3.05, 3.63) is 56.6 Å². The Morgan fingerprint density at radius 2 is 2.11 bits per heavy atom. The number of benzene rings is 1. The molecule has 2 rings (SSSR count). The Morgan fingerprint density at radius 3 is 2.74 bits per heavy atom. The van der Waals surface area contributed by atoms with Gasteiger partial charge in [-0.25, -0.2) is 9.89 Å². The summed E-state index contributed by atoms with van der Waals surface area (Å²) in [6, 6.07) is 5.84. The molecule has 0 aliphatic rings. The van der Waals surface area contributed by atoms with Crippen molar-refractivity contribution in [3.63, 3.8) is 0 Å². The quantitative estimate of drug-likeness (QED) is 0.468. The van der Waals surface area contributed by atoms with Gasteiger partial charge in [-0.15, -0.1) is 0 Å². The Morgan fingerprint density at radius 1 is 1.37 bits per heavy atom. The van der Waals surface area contributed by atoms with Gasteiger partial charge in [0.2, 0.25) is 0 Å². The highest BCUT2D eigenvalue weighted by atomic mass is 16.6. The maximum Gasteiger partial charge on any atom is 0.363 e. The number of hydrazone groups is 1. The summed E-state index contributed by atoms with van der Waals surface area (Å²) in [5.74, 6) is 0.196. The Kier molecular flexibility index (Phi) is 3.57. The van der Waals surface area contributed by atoms with Gasteiger partial charge in [0.15, 0.2) is 5.82 Å². The molecule has 2 N–H and O–H groups in total. The van der Waals surface area contributed by atoms with Gasteiger partial charge in [-0.2, -0.15) is 15.2 Å². The first-order valence-electron chi connectivity index (χ1n) is 5.10. The predicted molar refractivity (Wildman–Crippen MR) is 67.0 cm³/mol. The van der Waals surface area contributed by atoms with Crippen LogP contribution in [0.3, 0.4) is 0 Å². The highest BCUT2D eigenvalue weighted by Gasteiger charge is 2.02. The smallest absolute Gasteiger partial charge is 0.260 e. The summed E-state index contributed by atoms with van der Waals surface area (Å²) in [5.41, 5.74) is 2.59. The summed E-state index contributed by atoms with van der Waals surface area (Å²) >= 11 is 0. The number of H-pyrrole nitrogens is 1. The van der Waals surface area contributed by atoms with E-state index in [1.165, 1.54) is 24.5 Å². The molecule has 0 spiro atoms. The molecule has 0 fully saturated rings. The number of non-ortho nitro benzene ring substituents is 1. The van der Waals surface area contributed by atoms with Crippen molar-refractivity contribution in [2.45, 2.75) is 0 Å². The fourth-order valence-corrected chi connectivity index (χ4v) is 1.22. The molecule has 0 saturated carbocycles. The van der Waals surface area contributed by atoms with Crippen molar-refractivity contribution >= 4 is 17.7 Å². The van der Waals surface area contributed by atoms with Crippen LogP contribution in [0.15, 0.2) is 40.4 Å². The number of nitro benzene ring substituents is 1. The van der Waals surface area contributed by atoms with Gasteiger partial charge in [-0.05, 0) is 17.7 Å². The summed E-state index contributed by atoms with van der Waals surface area (Å²) in [6.07, 6.45) is 2.74. The van der Waals surface area contributed by atoms with Crippen molar-refractivity contribution in [3.8, 4) is 0 Å². The molecule has 96 valence electrons. The molecule has 0 atom stereocenters. The van der Waals surface area contributed by atoms with Crippen LogP contribution in [-0.4, -0.2) is 26.3 Å². The molecule has 1 aromatic carbocycles. The molecule has 0 amide bonds. The minimum atomic E-state index is -0.587. The van der Waals surface area contributed by atoms with E-state index < -0.39 is 10.6 Å². The maximum absolute atomic E-state index is 10.8. The van der Waals surface area contributed by atoms with Crippen molar-refractivity contribution in [2.75, 3.05) is 5.43 Å². The van der Waals surface area contributed by atoms with Crippen molar-refractivity contribution in [2.24, 2.45) is 5.10 Å². The van der Waals surface area contributed by atoms with Crippen LogP contribution in [0.4, 0.5) is 11.5 Å². The molecular formula is C10H8N6O3. The van der Waals surface area contributed by atoms with Gasteiger partial charge >= 0.3 is 5.69 Å². The zero-order chi connectivity index (χ0) is 13.7. The number of nitro groups is 1. The van der Waals surface area contributed by atoms with Crippen LogP contribution in [0, 0.1) is 10.1 Å². The lowest BCUT2D eigenvalue weighted by Gasteiger charge is -1.96. The van der Waals surface area contributed by atoms with Gasteiger partial charge in [0.25, 0.3) is 5.69 Å². The van der Waals surface area contributed by atoms with E-state index in [4.69, 9.17) is 0 Å². The largest absolute Gasteiger partial charge is 0.363 e. The molecule has 0 radical (unpaired) electrons. The van der Waals surface area contributed by atoms with Gasteiger partial charge in [-0.1, -0.05) is 0 Å². The maximum atomic E-state index is 10.8. The molecule has 9 heteroatoms. The van der Waals surface area contributed by atoms with Crippen LogP contribution >= 0.6 is 0 Å². The monoisotopic (exact) mass is 260 g/mol. The second-order valence-corrected chi connectivity index (χ2v) is 3.39. The van der Waals surface area contributed by atoms with Gasteiger partial charge < -0.3 is 0 Å². The number of nitrogens with one attached hydrogen (secondary N) is 2. The molecule has 0 bridgehead atoms.